The maximum absolute atomic E-state index is 5.58. The Kier molecular flexibility index (Phi) is 7.84. The van der Waals surface area contributed by atoms with Crippen molar-refractivity contribution in [2.45, 2.75) is 9.79 Å². The smallest absolute Gasteiger partial charge is 0.241 e. The Morgan fingerprint density at radius 3 is 1.06 bits per heavy atom. The van der Waals surface area contributed by atoms with Gasteiger partial charge < -0.3 is 0 Å². The molecule has 0 spiro atoms. The van der Waals surface area contributed by atoms with Crippen molar-refractivity contribution in [2.75, 3.05) is 0 Å². The molecule has 304 valence electrons. The standard InChI is InChI=1S/C57H36N6SSi/c1-2-18-37(19-3-1)65(53-32-16-14-30-51(53)64-52-31-15-17-33-54(52)65)38-34-35-44-43-24-8-13-29-49(43)63(50(44)36-38)57-59-55(61-45-25-9-4-20-39(45)40-21-5-10-26-46(40)61)58-56(60-57)62-47-27-11-6-22-41(47)42-23-7-12-28-48(42)62/h1-36H. The summed E-state index contributed by atoms with van der Waals surface area (Å²) >= 11 is 1.88. The lowest BCUT2D eigenvalue weighted by atomic mass is 10.1. The van der Waals surface area contributed by atoms with Gasteiger partial charge in [-0.05, 0) is 69.3 Å². The third-order valence-corrected chi connectivity index (χ3v) is 19.9. The van der Waals surface area contributed by atoms with Gasteiger partial charge in [0.1, 0.15) is 0 Å². The average Bonchev–Trinajstić information content (AvgIpc) is 4.01. The third-order valence-electron chi connectivity index (χ3n) is 13.5. The SMILES string of the molecule is c1ccc([Si]2(c3ccc4c5ccccc5n(-c5nc(-n6c7ccccc7c7ccccc76)nc(-n6c7ccccc7c7ccccc76)n5)c4c3)c3ccccc3Sc3ccccc32)cc1. The largest absolute Gasteiger partial charge is 0.278 e. The maximum Gasteiger partial charge on any atom is 0.241 e. The second kappa shape index (κ2) is 14.0. The first kappa shape index (κ1) is 36.4. The van der Waals surface area contributed by atoms with E-state index >= 15 is 0 Å². The summed E-state index contributed by atoms with van der Waals surface area (Å²) in [6, 6.07) is 79.4. The van der Waals surface area contributed by atoms with Crippen molar-refractivity contribution >= 4 is 106 Å². The fourth-order valence-corrected chi connectivity index (χ4v) is 17.8. The summed E-state index contributed by atoms with van der Waals surface area (Å²) in [5, 5.41) is 12.3. The number of nitrogens with zero attached hydrogens (tertiary/aromatic N) is 6. The van der Waals surface area contributed by atoms with Gasteiger partial charge in [-0.2, -0.15) is 15.0 Å². The molecule has 0 atom stereocenters. The normalized spacial score (nSPS) is 13.3. The van der Waals surface area contributed by atoms with E-state index in [-0.39, 0.29) is 0 Å². The Morgan fingerprint density at radius 1 is 0.292 bits per heavy atom. The van der Waals surface area contributed by atoms with Crippen LogP contribution in [0.25, 0.3) is 83.3 Å². The molecule has 0 saturated heterocycles. The molecule has 9 aromatic carbocycles. The Bertz CT molecular complexity index is 3790. The van der Waals surface area contributed by atoms with Gasteiger partial charge in [-0.3, -0.25) is 13.7 Å². The van der Waals surface area contributed by atoms with Crippen molar-refractivity contribution in [3.05, 3.63) is 218 Å². The van der Waals surface area contributed by atoms with Crippen LogP contribution in [0, 0.1) is 0 Å². The summed E-state index contributed by atoms with van der Waals surface area (Å²) in [6.07, 6.45) is 0. The minimum atomic E-state index is -2.89. The monoisotopic (exact) mass is 864 g/mol. The minimum absolute atomic E-state index is 0.549. The zero-order valence-electron chi connectivity index (χ0n) is 34.9. The van der Waals surface area contributed by atoms with Crippen LogP contribution < -0.4 is 20.7 Å². The van der Waals surface area contributed by atoms with Gasteiger partial charge in [-0.15, -0.1) is 0 Å². The number of para-hydroxylation sites is 5. The third kappa shape index (κ3) is 5.14. The van der Waals surface area contributed by atoms with Gasteiger partial charge in [0, 0.05) is 42.1 Å². The summed E-state index contributed by atoms with van der Waals surface area (Å²) in [7, 11) is -2.89. The topological polar surface area (TPSA) is 53.5 Å². The van der Waals surface area contributed by atoms with Crippen molar-refractivity contribution in [1.29, 1.82) is 0 Å². The van der Waals surface area contributed by atoms with Gasteiger partial charge in [0.2, 0.25) is 17.8 Å². The van der Waals surface area contributed by atoms with Gasteiger partial charge in [0.25, 0.3) is 0 Å². The first-order valence-electron chi connectivity index (χ1n) is 22.0. The maximum atomic E-state index is 5.58. The van der Waals surface area contributed by atoms with E-state index in [0.717, 1.165) is 65.4 Å². The van der Waals surface area contributed by atoms with Crippen LogP contribution in [0.5, 0.6) is 0 Å². The highest BCUT2D eigenvalue weighted by atomic mass is 32.2. The molecule has 0 bridgehead atoms. The molecule has 1 aliphatic heterocycles. The van der Waals surface area contributed by atoms with Crippen molar-refractivity contribution in [3.8, 4) is 17.8 Å². The van der Waals surface area contributed by atoms with Crippen LogP contribution >= 0.6 is 11.8 Å². The van der Waals surface area contributed by atoms with E-state index in [1.165, 1.54) is 30.5 Å². The molecular formula is C57H36N6SSi. The van der Waals surface area contributed by atoms with Gasteiger partial charge in [-0.25, -0.2) is 0 Å². The highest BCUT2D eigenvalue weighted by Crippen LogP contribution is 2.38. The molecule has 0 unspecified atom stereocenters. The van der Waals surface area contributed by atoms with E-state index in [1.54, 1.807) is 0 Å². The van der Waals surface area contributed by atoms with Gasteiger partial charge in [0.05, 0.1) is 33.1 Å². The Morgan fingerprint density at radius 2 is 0.631 bits per heavy atom. The van der Waals surface area contributed by atoms with E-state index in [1.807, 2.05) is 11.8 Å². The summed E-state index contributed by atoms with van der Waals surface area (Å²) in [6.45, 7) is 0. The van der Waals surface area contributed by atoms with E-state index in [9.17, 15) is 0 Å². The first-order chi connectivity index (χ1) is 32.3. The molecule has 1 aliphatic rings. The Hall–Kier alpha value is -8.04. The molecule has 14 rings (SSSR count). The highest BCUT2D eigenvalue weighted by molar-refractivity contribution is 8.00. The van der Waals surface area contributed by atoms with Crippen LogP contribution in [0.15, 0.2) is 228 Å². The predicted molar refractivity (Wildman–Crippen MR) is 271 cm³/mol. The van der Waals surface area contributed by atoms with Crippen LogP contribution in [0.3, 0.4) is 0 Å². The van der Waals surface area contributed by atoms with Crippen LogP contribution in [-0.2, 0) is 0 Å². The van der Waals surface area contributed by atoms with E-state index in [2.05, 4.69) is 232 Å². The lowest BCUT2D eigenvalue weighted by Crippen LogP contribution is -2.76. The zero-order valence-corrected chi connectivity index (χ0v) is 36.7. The average molecular weight is 865 g/mol. The molecule has 0 radical (unpaired) electrons. The molecule has 4 aromatic heterocycles. The van der Waals surface area contributed by atoms with E-state index in [0.29, 0.717) is 17.8 Å². The number of fused-ring (bicyclic) bond motifs is 11. The lowest BCUT2D eigenvalue weighted by molar-refractivity contribution is 0.848. The first-order valence-corrected chi connectivity index (χ1v) is 24.8. The highest BCUT2D eigenvalue weighted by Gasteiger charge is 2.47. The quantitative estimate of drug-likeness (QED) is 0.162. The second-order valence-electron chi connectivity index (χ2n) is 16.8. The number of hydrogen-bond acceptors (Lipinski definition) is 4. The van der Waals surface area contributed by atoms with Crippen LogP contribution in [0.1, 0.15) is 0 Å². The molecule has 0 amide bonds. The molecule has 6 nitrogen and oxygen atoms in total. The number of benzene rings is 9. The molecule has 13 aromatic rings. The fraction of sp³-hybridized carbons (Fsp3) is 0. The minimum Gasteiger partial charge on any atom is -0.278 e. The molecular weight excluding hydrogens is 829 g/mol. The Balaban J connectivity index is 1.12. The Labute approximate surface area is 378 Å². The van der Waals surface area contributed by atoms with Gasteiger partial charge in [0.15, 0.2) is 8.07 Å². The van der Waals surface area contributed by atoms with Crippen LogP contribution in [-0.4, -0.2) is 36.7 Å². The van der Waals surface area contributed by atoms with Crippen molar-refractivity contribution < 1.29 is 0 Å². The molecule has 0 N–H and O–H groups in total. The lowest BCUT2D eigenvalue weighted by Gasteiger charge is -2.39. The summed E-state index contributed by atoms with van der Waals surface area (Å²) < 4.78 is 6.70. The zero-order chi connectivity index (χ0) is 42.6. The molecule has 0 saturated carbocycles. The molecule has 0 aliphatic carbocycles. The van der Waals surface area contributed by atoms with Crippen LogP contribution in [0.2, 0.25) is 0 Å². The van der Waals surface area contributed by atoms with E-state index in [4.69, 9.17) is 15.0 Å². The molecule has 65 heavy (non-hydrogen) atoms. The van der Waals surface area contributed by atoms with Crippen molar-refractivity contribution in [1.82, 2.24) is 28.7 Å². The van der Waals surface area contributed by atoms with E-state index < -0.39 is 8.07 Å². The molecule has 0 fully saturated rings. The predicted octanol–water partition coefficient (Wildman–Crippen LogP) is 11.0. The number of hydrogen-bond donors (Lipinski definition) is 0. The summed E-state index contributed by atoms with van der Waals surface area (Å²) in [4.78, 5) is 19.3. The van der Waals surface area contributed by atoms with Gasteiger partial charge in [-0.1, -0.05) is 182 Å². The fourth-order valence-electron chi connectivity index (χ4n) is 10.8. The second-order valence-corrected chi connectivity index (χ2v) is 21.6. The number of aromatic nitrogens is 6. The molecule has 8 heteroatoms. The summed E-state index contributed by atoms with van der Waals surface area (Å²) in [5.74, 6) is 1.65. The summed E-state index contributed by atoms with van der Waals surface area (Å²) in [5.41, 5.74) is 6.21. The van der Waals surface area contributed by atoms with Crippen LogP contribution in [0.4, 0.5) is 0 Å². The van der Waals surface area contributed by atoms with Crippen molar-refractivity contribution in [2.24, 2.45) is 0 Å². The molecule has 5 heterocycles. The van der Waals surface area contributed by atoms with Crippen molar-refractivity contribution in [3.63, 3.8) is 0 Å². The number of rotatable bonds is 5. The van der Waals surface area contributed by atoms with Gasteiger partial charge >= 0.3 is 0 Å².